The maximum Gasteiger partial charge on any atom is 0.329 e. The highest BCUT2D eigenvalue weighted by Crippen LogP contribution is 2.14. The lowest BCUT2D eigenvalue weighted by Gasteiger charge is -2.13. The van der Waals surface area contributed by atoms with Crippen molar-refractivity contribution in [3.8, 4) is 0 Å². The zero-order valence-electron chi connectivity index (χ0n) is 14.9. The summed E-state index contributed by atoms with van der Waals surface area (Å²) >= 11 is 0. The van der Waals surface area contributed by atoms with E-state index >= 15 is 0 Å². The lowest BCUT2D eigenvalue weighted by molar-refractivity contribution is -0.153. The molecule has 0 fully saturated rings. The minimum Gasteiger partial charge on any atom is -0.469 e. The second kappa shape index (κ2) is 11.8. The average Bonchev–Trinajstić information content (AvgIpc) is 2.64. The molecule has 1 atom stereocenters. The Bertz CT molecular complexity index is 615. The van der Waals surface area contributed by atoms with E-state index in [0.717, 1.165) is 5.56 Å². The van der Waals surface area contributed by atoms with Crippen molar-refractivity contribution in [3.05, 3.63) is 35.9 Å². The van der Waals surface area contributed by atoms with Crippen LogP contribution < -0.4 is 5.48 Å². The molecule has 0 bridgehead atoms. The van der Waals surface area contributed by atoms with Crippen molar-refractivity contribution in [2.24, 2.45) is 5.92 Å². The summed E-state index contributed by atoms with van der Waals surface area (Å²) in [4.78, 5) is 51.3. The number of methoxy groups -OCH3 is 2. The van der Waals surface area contributed by atoms with Gasteiger partial charge in [0.05, 0.1) is 33.1 Å². The Morgan fingerprint density at radius 3 is 2.31 bits per heavy atom. The van der Waals surface area contributed by atoms with E-state index < -0.39 is 23.8 Å². The van der Waals surface area contributed by atoms with Crippen LogP contribution in [0.1, 0.15) is 24.8 Å². The number of hydroxylamine groups is 1. The van der Waals surface area contributed by atoms with E-state index in [9.17, 15) is 19.2 Å². The first-order valence-electron chi connectivity index (χ1n) is 8.09. The Kier molecular flexibility index (Phi) is 9.63. The van der Waals surface area contributed by atoms with Crippen molar-refractivity contribution < 1.29 is 33.5 Å². The Labute approximate surface area is 151 Å². The van der Waals surface area contributed by atoms with Crippen LogP contribution >= 0.6 is 0 Å². The Morgan fingerprint density at radius 2 is 1.69 bits per heavy atom. The second-order valence-corrected chi connectivity index (χ2v) is 5.54. The van der Waals surface area contributed by atoms with Crippen LogP contribution in [-0.2, 0) is 39.9 Å². The van der Waals surface area contributed by atoms with Gasteiger partial charge in [-0.1, -0.05) is 30.3 Å². The third-order valence-corrected chi connectivity index (χ3v) is 3.58. The van der Waals surface area contributed by atoms with E-state index in [0.29, 0.717) is 0 Å². The molecule has 0 radical (unpaired) electrons. The molecule has 26 heavy (non-hydrogen) atoms. The van der Waals surface area contributed by atoms with E-state index in [2.05, 4.69) is 15.0 Å². The van der Waals surface area contributed by atoms with Gasteiger partial charge in [0.25, 0.3) is 0 Å². The van der Waals surface area contributed by atoms with Crippen LogP contribution in [0.15, 0.2) is 30.3 Å². The van der Waals surface area contributed by atoms with Gasteiger partial charge in [-0.3, -0.25) is 19.2 Å². The number of ketones is 1. The van der Waals surface area contributed by atoms with Crippen molar-refractivity contribution in [2.45, 2.75) is 25.7 Å². The summed E-state index contributed by atoms with van der Waals surface area (Å²) in [7, 11) is 2.45. The largest absolute Gasteiger partial charge is 0.469 e. The molecule has 0 aromatic heterocycles. The van der Waals surface area contributed by atoms with Crippen LogP contribution in [-0.4, -0.2) is 44.5 Å². The molecular weight excluding hydrogens is 342 g/mol. The first-order valence-corrected chi connectivity index (χ1v) is 8.09. The lowest BCUT2D eigenvalue weighted by atomic mass is 9.97. The summed E-state index contributed by atoms with van der Waals surface area (Å²) in [6, 6.07) is 9.02. The van der Waals surface area contributed by atoms with Gasteiger partial charge in [-0.25, -0.2) is 0 Å². The van der Waals surface area contributed by atoms with Gasteiger partial charge in [0.1, 0.15) is 0 Å². The Hall–Kier alpha value is -2.74. The molecule has 8 nitrogen and oxygen atoms in total. The van der Waals surface area contributed by atoms with Crippen LogP contribution in [0.2, 0.25) is 0 Å². The highest BCUT2D eigenvalue weighted by Gasteiger charge is 2.23. The summed E-state index contributed by atoms with van der Waals surface area (Å²) in [6.07, 6.45) is 0.0841. The molecule has 0 saturated carbocycles. The van der Waals surface area contributed by atoms with Crippen molar-refractivity contribution >= 4 is 23.7 Å². The molecule has 1 unspecified atom stereocenters. The van der Waals surface area contributed by atoms with Gasteiger partial charge in [-0.15, -0.1) is 5.48 Å². The lowest BCUT2D eigenvalue weighted by Crippen LogP contribution is -2.30. The molecule has 0 aliphatic rings. The summed E-state index contributed by atoms with van der Waals surface area (Å²) in [5.41, 5.74) is 3.09. The highest BCUT2D eigenvalue weighted by molar-refractivity contribution is 5.86. The predicted octanol–water partition coefficient (Wildman–Crippen LogP) is 0.978. The highest BCUT2D eigenvalue weighted by atomic mass is 16.7. The predicted molar refractivity (Wildman–Crippen MR) is 90.6 cm³/mol. The third-order valence-electron chi connectivity index (χ3n) is 3.58. The molecule has 0 aliphatic heterocycles. The van der Waals surface area contributed by atoms with Gasteiger partial charge >= 0.3 is 17.9 Å². The number of hydrogen-bond donors (Lipinski definition) is 1. The van der Waals surface area contributed by atoms with Gasteiger partial charge < -0.3 is 14.3 Å². The van der Waals surface area contributed by atoms with Crippen molar-refractivity contribution in [3.63, 3.8) is 0 Å². The topological polar surface area (TPSA) is 108 Å². The van der Waals surface area contributed by atoms with E-state index in [1.54, 1.807) is 24.3 Å². The van der Waals surface area contributed by atoms with Gasteiger partial charge in [0.2, 0.25) is 0 Å². The van der Waals surface area contributed by atoms with Crippen LogP contribution in [0, 0.1) is 5.92 Å². The molecule has 8 heteroatoms. The standard InChI is InChI=1S/C18H23NO7/c1-24-16(21)9-8-14(18(23)25-2)11-15(20)12-19-26-17(22)10-13-6-4-3-5-7-13/h3-7,14,19H,8-12H2,1-2H3. The Balaban J connectivity index is 2.36. The molecule has 0 heterocycles. The second-order valence-electron chi connectivity index (χ2n) is 5.54. The third kappa shape index (κ3) is 8.39. The first-order chi connectivity index (χ1) is 12.5. The SMILES string of the molecule is COC(=O)CCC(CC(=O)CNOC(=O)Cc1ccccc1)C(=O)OC. The maximum absolute atomic E-state index is 12.0. The summed E-state index contributed by atoms with van der Waals surface area (Å²) < 4.78 is 9.15. The number of ether oxygens (including phenoxy) is 2. The molecule has 1 aromatic rings. The summed E-state index contributed by atoms with van der Waals surface area (Å²) in [6.45, 7) is -0.244. The fourth-order valence-corrected chi connectivity index (χ4v) is 2.21. The first kappa shape index (κ1) is 21.3. The number of benzene rings is 1. The number of hydrogen-bond acceptors (Lipinski definition) is 8. The van der Waals surface area contributed by atoms with E-state index in [1.807, 2.05) is 6.07 Å². The minimum atomic E-state index is -0.756. The fraction of sp³-hybridized carbons (Fsp3) is 0.444. The number of rotatable bonds is 11. The molecule has 0 saturated heterocycles. The quantitative estimate of drug-likeness (QED) is 0.351. The molecule has 0 amide bonds. The molecule has 0 spiro atoms. The summed E-state index contributed by atoms with van der Waals surface area (Å²) in [5.74, 6) is -2.69. The van der Waals surface area contributed by atoms with Crippen LogP contribution in [0.25, 0.3) is 0 Å². The van der Waals surface area contributed by atoms with Gasteiger partial charge in [0, 0.05) is 12.8 Å². The zero-order valence-corrected chi connectivity index (χ0v) is 14.9. The normalized spacial score (nSPS) is 11.3. The van der Waals surface area contributed by atoms with E-state index in [1.165, 1.54) is 14.2 Å². The maximum atomic E-state index is 12.0. The number of Topliss-reactive ketones (excluding diaryl/α,β-unsaturated/α-hetero) is 1. The van der Waals surface area contributed by atoms with Gasteiger partial charge in [0.15, 0.2) is 5.78 Å². The monoisotopic (exact) mass is 365 g/mol. The van der Waals surface area contributed by atoms with Gasteiger partial charge in [-0.05, 0) is 12.0 Å². The van der Waals surface area contributed by atoms with Crippen molar-refractivity contribution in [1.82, 2.24) is 5.48 Å². The molecule has 1 aromatic carbocycles. The fourth-order valence-electron chi connectivity index (χ4n) is 2.21. The molecule has 1 rings (SSSR count). The van der Waals surface area contributed by atoms with Crippen LogP contribution in [0.3, 0.4) is 0 Å². The van der Waals surface area contributed by atoms with Crippen LogP contribution in [0.5, 0.6) is 0 Å². The Morgan fingerprint density at radius 1 is 1.00 bits per heavy atom. The zero-order chi connectivity index (χ0) is 19.4. The van der Waals surface area contributed by atoms with E-state index in [-0.39, 0.29) is 38.0 Å². The molecule has 1 N–H and O–H groups in total. The van der Waals surface area contributed by atoms with Crippen molar-refractivity contribution in [1.29, 1.82) is 0 Å². The molecular formula is C18H23NO7. The minimum absolute atomic E-state index is 0.00301. The molecule has 142 valence electrons. The van der Waals surface area contributed by atoms with Crippen LogP contribution in [0.4, 0.5) is 0 Å². The number of nitrogens with one attached hydrogen (secondary N) is 1. The summed E-state index contributed by atoms with van der Waals surface area (Å²) in [5, 5.41) is 0. The molecule has 0 aliphatic carbocycles. The number of esters is 2. The van der Waals surface area contributed by atoms with Crippen molar-refractivity contribution in [2.75, 3.05) is 20.8 Å². The van der Waals surface area contributed by atoms with E-state index in [4.69, 9.17) is 4.84 Å². The number of carbonyl (C=O) groups is 4. The average molecular weight is 365 g/mol. The number of carbonyl (C=O) groups excluding carboxylic acids is 4. The smallest absolute Gasteiger partial charge is 0.329 e. The van der Waals surface area contributed by atoms with Gasteiger partial charge in [-0.2, -0.15) is 0 Å².